The van der Waals surface area contributed by atoms with Crippen LogP contribution in [0.15, 0.2) is 42.5 Å². The molecule has 6 atom stereocenters. The Morgan fingerprint density at radius 1 is 1.05 bits per heavy atom. The molecule has 4 saturated carbocycles. The van der Waals surface area contributed by atoms with Gasteiger partial charge in [-0.2, -0.15) is 0 Å². The van der Waals surface area contributed by atoms with E-state index in [1.807, 2.05) is 7.11 Å². The molecule has 2 aliphatic heterocycles. The summed E-state index contributed by atoms with van der Waals surface area (Å²) in [7, 11) is 3.75. The molecule has 2 spiro atoms. The number of rotatable bonds is 8. The molecule has 2 heterocycles. The second-order valence-corrected chi connectivity index (χ2v) is 13.6. The highest BCUT2D eigenvalue weighted by Gasteiger charge is 2.82. The summed E-state index contributed by atoms with van der Waals surface area (Å²) in [5.74, 6) is 2.84. The molecule has 202 valence electrons. The van der Waals surface area contributed by atoms with Gasteiger partial charge in [-0.15, -0.1) is 0 Å². The normalized spacial score (nSPS) is 40.1. The van der Waals surface area contributed by atoms with Crippen molar-refractivity contribution in [3.63, 3.8) is 0 Å². The van der Waals surface area contributed by atoms with Crippen LogP contribution in [0.5, 0.6) is 11.5 Å². The topological polar surface area (TPSA) is 43.0 Å². The number of hydrogen-bond donors (Lipinski definition) is 1. The number of nitrogens with one attached hydrogen (secondary N) is 1. The van der Waals surface area contributed by atoms with E-state index in [-0.39, 0.29) is 27.9 Å². The molecule has 4 bridgehead atoms. The summed E-state index contributed by atoms with van der Waals surface area (Å²) in [5, 5.41) is 3.88. The highest BCUT2D eigenvalue weighted by molar-refractivity contribution is 5.64. The van der Waals surface area contributed by atoms with Gasteiger partial charge >= 0.3 is 0 Å². The van der Waals surface area contributed by atoms with Crippen molar-refractivity contribution in [3.8, 4) is 11.5 Å². The van der Waals surface area contributed by atoms with Gasteiger partial charge in [0.2, 0.25) is 0 Å². The predicted octanol–water partition coefficient (Wildman–Crippen LogP) is 5.10. The summed E-state index contributed by atoms with van der Waals surface area (Å²) in [6.07, 6.45) is 8.67. The third-order valence-corrected chi connectivity index (χ3v) is 12.1. The van der Waals surface area contributed by atoms with Crippen LogP contribution in [0.3, 0.4) is 0 Å². The SMILES string of the molecule is COc1ccc2c3c1O[C@H]1[C@@]4(OC)CC[C@@]5(C[C@]4(C)CNCc4ccccc4)[C@@H](C2)N(CC2CC2)CC[C@]315. The fourth-order valence-corrected chi connectivity index (χ4v) is 10.4. The van der Waals surface area contributed by atoms with Crippen molar-refractivity contribution in [1.29, 1.82) is 0 Å². The number of methoxy groups -OCH3 is 2. The highest BCUT2D eigenvalue weighted by Crippen LogP contribution is 2.78. The van der Waals surface area contributed by atoms with Crippen LogP contribution < -0.4 is 14.8 Å². The average molecular weight is 515 g/mol. The number of benzene rings is 2. The van der Waals surface area contributed by atoms with Gasteiger partial charge in [0.25, 0.3) is 0 Å². The summed E-state index contributed by atoms with van der Waals surface area (Å²) in [6, 6.07) is 15.9. The predicted molar refractivity (Wildman–Crippen MR) is 148 cm³/mol. The molecule has 0 amide bonds. The van der Waals surface area contributed by atoms with Crippen molar-refractivity contribution < 1.29 is 14.2 Å². The molecule has 7 aliphatic rings. The van der Waals surface area contributed by atoms with Gasteiger partial charge in [-0.1, -0.05) is 43.3 Å². The van der Waals surface area contributed by atoms with Crippen molar-refractivity contribution in [3.05, 3.63) is 59.2 Å². The fraction of sp³-hybridized carbons (Fsp3) is 0.636. The largest absolute Gasteiger partial charge is 0.493 e. The van der Waals surface area contributed by atoms with E-state index >= 15 is 0 Å². The minimum absolute atomic E-state index is 0.0162. The third-order valence-electron chi connectivity index (χ3n) is 12.1. The van der Waals surface area contributed by atoms with Crippen LogP contribution in [0.2, 0.25) is 0 Å². The van der Waals surface area contributed by atoms with E-state index in [4.69, 9.17) is 14.2 Å². The van der Waals surface area contributed by atoms with Crippen LogP contribution in [0.1, 0.15) is 62.1 Å². The first kappa shape index (κ1) is 23.8. The molecule has 1 N–H and O–H groups in total. The Bertz CT molecular complexity index is 1260. The summed E-state index contributed by atoms with van der Waals surface area (Å²) in [5.41, 5.74) is 4.19. The highest BCUT2D eigenvalue weighted by atomic mass is 16.6. The zero-order valence-corrected chi connectivity index (χ0v) is 23.2. The molecule has 2 aromatic rings. The molecule has 1 saturated heterocycles. The number of hydrogen-bond acceptors (Lipinski definition) is 5. The first-order chi connectivity index (χ1) is 18.5. The van der Waals surface area contributed by atoms with Crippen LogP contribution in [-0.4, -0.2) is 56.5 Å². The smallest absolute Gasteiger partial charge is 0.165 e. The Balaban J connectivity index is 1.25. The molecule has 2 aromatic carbocycles. The van der Waals surface area contributed by atoms with Gasteiger partial charge in [0.05, 0.1) is 7.11 Å². The van der Waals surface area contributed by atoms with Gasteiger partial charge in [0.15, 0.2) is 11.5 Å². The van der Waals surface area contributed by atoms with Gasteiger partial charge in [-0.05, 0) is 74.6 Å². The molecule has 5 fully saturated rings. The van der Waals surface area contributed by atoms with Crippen molar-refractivity contribution in [2.75, 3.05) is 33.9 Å². The van der Waals surface area contributed by atoms with Gasteiger partial charge in [0.1, 0.15) is 11.7 Å². The quantitative estimate of drug-likeness (QED) is 0.531. The lowest BCUT2D eigenvalue weighted by Crippen LogP contribution is -2.83. The molecule has 5 heteroatoms. The van der Waals surface area contributed by atoms with Crippen LogP contribution in [-0.2, 0) is 23.1 Å². The van der Waals surface area contributed by atoms with Crippen LogP contribution in [0, 0.1) is 16.7 Å². The molecule has 5 aliphatic carbocycles. The third kappa shape index (κ3) is 2.78. The van der Waals surface area contributed by atoms with Crippen molar-refractivity contribution in [1.82, 2.24) is 10.2 Å². The zero-order valence-electron chi connectivity index (χ0n) is 23.2. The standard InChI is InChI=1S/C33H42N2O3/c1-30(21-34-18-22-7-5-4-6-8-22)20-31-13-14-33(30,37-3)29-32(31)15-16-35(19-23-9-10-23)26(31)17-24-11-12-25(36-2)28(38-29)27(24)32/h4-8,11-12,23,26,29,34H,9-10,13-21H2,1-3H3/t26-,29-,30-,31-,32+,33+/m1/s1. The molecule has 5 nitrogen and oxygen atoms in total. The van der Waals surface area contributed by atoms with Gasteiger partial charge < -0.3 is 19.5 Å². The molecule has 38 heavy (non-hydrogen) atoms. The van der Waals surface area contributed by atoms with E-state index in [1.54, 1.807) is 7.11 Å². The van der Waals surface area contributed by atoms with Crippen LogP contribution in [0.25, 0.3) is 0 Å². The van der Waals surface area contributed by atoms with Crippen LogP contribution >= 0.6 is 0 Å². The molecule has 9 rings (SSSR count). The van der Waals surface area contributed by atoms with Gasteiger partial charge in [-0.25, -0.2) is 0 Å². The molecule has 0 radical (unpaired) electrons. The second-order valence-electron chi connectivity index (χ2n) is 13.6. The van der Waals surface area contributed by atoms with Gasteiger partial charge in [0, 0.05) is 54.6 Å². The minimum atomic E-state index is -0.333. The number of piperidine rings is 1. The summed E-state index contributed by atoms with van der Waals surface area (Å²) < 4.78 is 19.9. The summed E-state index contributed by atoms with van der Waals surface area (Å²) >= 11 is 0. The fourth-order valence-electron chi connectivity index (χ4n) is 10.4. The van der Waals surface area contributed by atoms with Crippen molar-refractivity contribution in [2.24, 2.45) is 16.7 Å². The maximum Gasteiger partial charge on any atom is 0.165 e. The maximum absolute atomic E-state index is 7.22. The molecular weight excluding hydrogens is 472 g/mol. The van der Waals surface area contributed by atoms with Crippen molar-refractivity contribution in [2.45, 2.75) is 81.6 Å². The van der Waals surface area contributed by atoms with E-state index in [2.05, 4.69) is 59.6 Å². The Morgan fingerprint density at radius 3 is 2.66 bits per heavy atom. The lowest BCUT2D eigenvalue weighted by atomic mass is 9.32. The molecular formula is C33H42N2O3. The van der Waals surface area contributed by atoms with E-state index in [0.717, 1.165) is 43.3 Å². The summed E-state index contributed by atoms with van der Waals surface area (Å²) in [4.78, 5) is 2.92. The van der Waals surface area contributed by atoms with E-state index in [1.165, 1.54) is 61.9 Å². The second kappa shape index (κ2) is 7.99. The lowest BCUT2D eigenvalue weighted by Gasteiger charge is -2.76. The Kier molecular flexibility index (Phi) is 5.00. The number of fused-ring (bicyclic) bond motifs is 2. The summed E-state index contributed by atoms with van der Waals surface area (Å²) in [6.45, 7) is 6.78. The first-order valence-electron chi connectivity index (χ1n) is 14.9. The van der Waals surface area contributed by atoms with E-state index in [0.29, 0.717) is 6.04 Å². The van der Waals surface area contributed by atoms with Gasteiger partial charge in [-0.3, -0.25) is 4.90 Å². The number of ether oxygens (including phenoxy) is 3. The molecule has 0 aromatic heterocycles. The monoisotopic (exact) mass is 514 g/mol. The maximum atomic E-state index is 7.22. The zero-order chi connectivity index (χ0) is 25.8. The number of likely N-dealkylation sites (tertiary alicyclic amines) is 1. The molecule has 0 unspecified atom stereocenters. The van der Waals surface area contributed by atoms with E-state index in [9.17, 15) is 0 Å². The van der Waals surface area contributed by atoms with E-state index < -0.39 is 0 Å². The van der Waals surface area contributed by atoms with Crippen LogP contribution in [0.4, 0.5) is 0 Å². The average Bonchev–Trinajstić information content (AvgIpc) is 3.68. The Morgan fingerprint density at radius 2 is 1.89 bits per heavy atom. The number of nitrogens with zero attached hydrogens (tertiary/aromatic N) is 1. The minimum Gasteiger partial charge on any atom is -0.493 e. The first-order valence-corrected chi connectivity index (χ1v) is 14.9. The lowest BCUT2D eigenvalue weighted by molar-refractivity contribution is -0.304. The Hall–Kier alpha value is -2.08. The van der Waals surface area contributed by atoms with Crippen molar-refractivity contribution >= 4 is 0 Å². The Labute approximate surface area is 227 Å².